The highest BCUT2D eigenvalue weighted by Crippen LogP contribution is 2.39. The molecule has 2 aromatic carbocycles. The molecule has 1 amide bonds. The second-order valence-electron chi connectivity index (χ2n) is 6.89. The van der Waals surface area contributed by atoms with Crippen LogP contribution in [0.5, 0.6) is 5.75 Å². The molecule has 3 nitrogen and oxygen atoms in total. The van der Waals surface area contributed by atoms with Crippen LogP contribution in [-0.4, -0.2) is 11.5 Å². The Morgan fingerprint density at radius 2 is 1.87 bits per heavy atom. The number of aryl methyl sites for hydroxylation is 1. The molecule has 0 saturated heterocycles. The van der Waals surface area contributed by atoms with E-state index in [-0.39, 0.29) is 17.6 Å². The Morgan fingerprint density at radius 3 is 2.61 bits per heavy atom. The molecule has 1 N–H and O–H groups in total. The number of hydrogen-bond donors (Lipinski definition) is 1. The molecule has 0 radical (unpaired) electrons. The topological polar surface area (TPSA) is 38.3 Å². The molecular weight excluding hydrogens is 286 g/mol. The van der Waals surface area contributed by atoms with Gasteiger partial charge in [0.1, 0.15) is 11.4 Å². The number of carbonyl (C=O) groups is 1. The molecule has 0 aliphatic carbocycles. The van der Waals surface area contributed by atoms with Crippen LogP contribution in [0.15, 0.2) is 48.5 Å². The van der Waals surface area contributed by atoms with Crippen molar-refractivity contribution in [1.82, 2.24) is 5.32 Å². The van der Waals surface area contributed by atoms with Crippen molar-refractivity contribution in [2.24, 2.45) is 0 Å². The van der Waals surface area contributed by atoms with Gasteiger partial charge in [-0.3, -0.25) is 4.79 Å². The summed E-state index contributed by atoms with van der Waals surface area (Å²) >= 11 is 0. The molecule has 23 heavy (non-hydrogen) atoms. The summed E-state index contributed by atoms with van der Waals surface area (Å²) in [5.41, 5.74) is 3.02. The number of para-hydroxylation sites is 1. The number of rotatable bonds is 3. The number of hydrogen-bond acceptors (Lipinski definition) is 2. The molecule has 0 spiro atoms. The molecule has 0 saturated carbocycles. The normalized spacial score (nSPS) is 18.7. The molecule has 1 atom stereocenters. The standard InChI is InChI=1S/C20H23NO2/c1-14-8-10-15(11-9-14)12-19(22)21-17-13-20(2,3)23-18-7-5-4-6-16(17)18/h4-11,17H,12-13H2,1-3H3,(H,21,22). The van der Waals surface area contributed by atoms with Crippen LogP contribution >= 0.6 is 0 Å². The van der Waals surface area contributed by atoms with Gasteiger partial charge in [0, 0.05) is 12.0 Å². The van der Waals surface area contributed by atoms with Gasteiger partial charge in [0.2, 0.25) is 5.91 Å². The van der Waals surface area contributed by atoms with E-state index in [0.717, 1.165) is 23.3 Å². The summed E-state index contributed by atoms with van der Waals surface area (Å²) in [6, 6.07) is 16.0. The average molecular weight is 309 g/mol. The van der Waals surface area contributed by atoms with Crippen molar-refractivity contribution < 1.29 is 9.53 Å². The van der Waals surface area contributed by atoms with Crippen LogP contribution < -0.4 is 10.1 Å². The summed E-state index contributed by atoms with van der Waals surface area (Å²) in [6.07, 6.45) is 1.17. The molecule has 1 heterocycles. The van der Waals surface area contributed by atoms with E-state index >= 15 is 0 Å². The third kappa shape index (κ3) is 3.73. The van der Waals surface area contributed by atoms with Gasteiger partial charge in [-0.15, -0.1) is 0 Å². The number of ether oxygens (including phenoxy) is 1. The van der Waals surface area contributed by atoms with Crippen molar-refractivity contribution in [3.8, 4) is 5.75 Å². The van der Waals surface area contributed by atoms with E-state index in [2.05, 4.69) is 19.2 Å². The van der Waals surface area contributed by atoms with Crippen LogP contribution in [0.25, 0.3) is 0 Å². The fourth-order valence-electron chi connectivity index (χ4n) is 3.07. The van der Waals surface area contributed by atoms with Gasteiger partial charge in [0.25, 0.3) is 0 Å². The van der Waals surface area contributed by atoms with Crippen molar-refractivity contribution in [1.29, 1.82) is 0 Å². The first-order chi connectivity index (χ1) is 10.9. The zero-order valence-corrected chi connectivity index (χ0v) is 13.9. The molecule has 2 aromatic rings. The number of carbonyl (C=O) groups excluding carboxylic acids is 1. The van der Waals surface area contributed by atoms with Gasteiger partial charge in [-0.25, -0.2) is 0 Å². The van der Waals surface area contributed by atoms with Gasteiger partial charge in [-0.1, -0.05) is 48.0 Å². The van der Waals surface area contributed by atoms with E-state index in [9.17, 15) is 4.79 Å². The van der Waals surface area contributed by atoms with E-state index < -0.39 is 0 Å². The van der Waals surface area contributed by atoms with Crippen LogP contribution in [0.3, 0.4) is 0 Å². The lowest BCUT2D eigenvalue weighted by molar-refractivity contribution is -0.121. The molecule has 0 aromatic heterocycles. The molecule has 3 rings (SSSR count). The maximum atomic E-state index is 12.4. The summed E-state index contributed by atoms with van der Waals surface area (Å²) in [5, 5.41) is 3.17. The zero-order chi connectivity index (χ0) is 16.4. The minimum absolute atomic E-state index is 0.00658. The lowest BCUT2D eigenvalue weighted by Crippen LogP contribution is -2.41. The SMILES string of the molecule is Cc1ccc(CC(=O)NC2CC(C)(C)Oc3ccccc32)cc1. The number of benzene rings is 2. The quantitative estimate of drug-likeness (QED) is 0.932. The molecule has 0 bridgehead atoms. The first-order valence-corrected chi connectivity index (χ1v) is 8.06. The van der Waals surface area contributed by atoms with E-state index in [1.165, 1.54) is 5.56 Å². The summed E-state index contributed by atoms with van der Waals surface area (Å²) in [4.78, 5) is 12.4. The monoisotopic (exact) mass is 309 g/mol. The van der Waals surface area contributed by atoms with Gasteiger partial charge >= 0.3 is 0 Å². The molecule has 0 fully saturated rings. The lowest BCUT2D eigenvalue weighted by atomic mass is 9.89. The minimum Gasteiger partial charge on any atom is -0.487 e. The van der Waals surface area contributed by atoms with Gasteiger partial charge in [-0.05, 0) is 32.4 Å². The first-order valence-electron chi connectivity index (χ1n) is 8.06. The summed E-state index contributed by atoms with van der Waals surface area (Å²) in [5.74, 6) is 0.913. The maximum Gasteiger partial charge on any atom is 0.224 e. The Kier molecular flexibility index (Phi) is 4.12. The summed E-state index contributed by atoms with van der Waals surface area (Å²) < 4.78 is 6.01. The molecule has 1 aliphatic rings. The highest BCUT2D eigenvalue weighted by molar-refractivity contribution is 5.79. The van der Waals surface area contributed by atoms with Crippen LogP contribution in [-0.2, 0) is 11.2 Å². The predicted octanol–water partition coefficient (Wildman–Crippen LogP) is 3.96. The molecular formula is C20H23NO2. The van der Waals surface area contributed by atoms with Gasteiger partial charge in [0.15, 0.2) is 0 Å². The van der Waals surface area contributed by atoms with Crippen LogP contribution in [0, 0.1) is 6.92 Å². The smallest absolute Gasteiger partial charge is 0.224 e. The highest BCUT2D eigenvalue weighted by atomic mass is 16.5. The van der Waals surface area contributed by atoms with Crippen LogP contribution in [0.4, 0.5) is 0 Å². The minimum atomic E-state index is -0.282. The molecule has 1 aliphatic heterocycles. The maximum absolute atomic E-state index is 12.4. The Bertz CT molecular complexity index is 704. The Balaban J connectivity index is 1.74. The number of nitrogens with one attached hydrogen (secondary N) is 1. The van der Waals surface area contributed by atoms with Gasteiger partial charge < -0.3 is 10.1 Å². The fourth-order valence-corrected chi connectivity index (χ4v) is 3.07. The zero-order valence-electron chi connectivity index (χ0n) is 13.9. The second kappa shape index (κ2) is 6.07. The average Bonchev–Trinajstić information content (AvgIpc) is 2.48. The van der Waals surface area contributed by atoms with Crippen molar-refractivity contribution in [2.75, 3.05) is 0 Å². The number of amides is 1. The third-order valence-electron chi connectivity index (χ3n) is 4.20. The Hall–Kier alpha value is -2.29. The molecule has 1 unspecified atom stereocenters. The number of fused-ring (bicyclic) bond motifs is 1. The van der Waals surface area contributed by atoms with E-state index in [1.54, 1.807) is 0 Å². The Labute approximate surface area is 137 Å². The van der Waals surface area contributed by atoms with Crippen molar-refractivity contribution in [2.45, 2.75) is 45.3 Å². The summed E-state index contributed by atoms with van der Waals surface area (Å²) in [6.45, 7) is 6.16. The van der Waals surface area contributed by atoms with Crippen molar-refractivity contribution >= 4 is 5.91 Å². The second-order valence-corrected chi connectivity index (χ2v) is 6.89. The predicted molar refractivity (Wildman–Crippen MR) is 91.5 cm³/mol. The molecule has 3 heteroatoms. The van der Waals surface area contributed by atoms with Gasteiger partial charge in [0.05, 0.1) is 12.5 Å². The van der Waals surface area contributed by atoms with E-state index in [1.807, 2.05) is 55.5 Å². The van der Waals surface area contributed by atoms with E-state index in [4.69, 9.17) is 4.74 Å². The van der Waals surface area contributed by atoms with Gasteiger partial charge in [-0.2, -0.15) is 0 Å². The van der Waals surface area contributed by atoms with Crippen LogP contribution in [0.2, 0.25) is 0 Å². The fraction of sp³-hybridized carbons (Fsp3) is 0.350. The Morgan fingerprint density at radius 1 is 1.17 bits per heavy atom. The lowest BCUT2D eigenvalue weighted by Gasteiger charge is -2.37. The summed E-state index contributed by atoms with van der Waals surface area (Å²) in [7, 11) is 0. The van der Waals surface area contributed by atoms with Crippen molar-refractivity contribution in [3.63, 3.8) is 0 Å². The largest absolute Gasteiger partial charge is 0.487 e. The van der Waals surface area contributed by atoms with E-state index in [0.29, 0.717) is 6.42 Å². The third-order valence-corrected chi connectivity index (χ3v) is 4.20. The first kappa shape index (κ1) is 15.6. The van der Waals surface area contributed by atoms with Crippen LogP contribution in [0.1, 0.15) is 43.0 Å². The highest BCUT2D eigenvalue weighted by Gasteiger charge is 2.34. The molecule has 120 valence electrons. The van der Waals surface area contributed by atoms with Crippen molar-refractivity contribution in [3.05, 3.63) is 65.2 Å².